The number of halogens is 1. The summed E-state index contributed by atoms with van der Waals surface area (Å²) in [6.07, 6.45) is 7.35. The van der Waals surface area contributed by atoms with Crippen LogP contribution in [0.2, 0.25) is 5.02 Å². The maximum atomic E-state index is 12.6. The monoisotopic (exact) mass is 394 g/mol. The van der Waals surface area contributed by atoms with Crippen LogP contribution in [0.3, 0.4) is 0 Å². The second kappa shape index (κ2) is 7.82. The lowest BCUT2D eigenvalue weighted by atomic mass is 10.1. The van der Waals surface area contributed by atoms with Gasteiger partial charge in [0.25, 0.3) is 5.91 Å². The van der Waals surface area contributed by atoms with Crippen LogP contribution < -0.4 is 5.32 Å². The Morgan fingerprint density at radius 2 is 1.96 bits per heavy atom. The first-order valence-corrected chi connectivity index (χ1v) is 9.35. The van der Waals surface area contributed by atoms with E-state index in [1.54, 1.807) is 34.0 Å². The highest BCUT2D eigenvalue weighted by molar-refractivity contribution is 6.30. The number of fused-ring (bicyclic) bond motifs is 1. The zero-order chi connectivity index (χ0) is 19.5. The molecule has 0 atom stereocenters. The number of hydrogen-bond donors (Lipinski definition) is 1. The number of benzene rings is 1. The second-order valence-electron chi connectivity index (χ2n) is 6.52. The zero-order valence-electron chi connectivity index (χ0n) is 15.3. The third kappa shape index (κ3) is 3.75. The lowest BCUT2D eigenvalue weighted by Gasteiger charge is -2.06. The van der Waals surface area contributed by atoms with Gasteiger partial charge in [0.1, 0.15) is 5.56 Å². The normalized spacial score (nSPS) is 11.1. The van der Waals surface area contributed by atoms with Gasteiger partial charge in [-0.05, 0) is 19.4 Å². The maximum absolute atomic E-state index is 12.6. The molecule has 0 radical (unpaired) electrons. The van der Waals surface area contributed by atoms with Crippen molar-refractivity contribution in [3.05, 3.63) is 71.3 Å². The summed E-state index contributed by atoms with van der Waals surface area (Å²) in [4.78, 5) is 16.9. The summed E-state index contributed by atoms with van der Waals surface area (Å²) < 4.78 is 3.45. The van der Waals surface area contributed by atoms with Crippen LogP contribution in [0.4, 0.5) is 0 Å². The van der Waals surface area contributed by atoms with Gasteiger partial charge in [-0.3, -0.25) is 9.48 Å². The van der Waals surface area contributed by atoms with Gasteiger partial charge in [0.15, 0.2) is 5.65 Å². The van der Waals surface area contributed by atoms with Gasteiger partial charge in [-0.1, -0.05) is 41.4 Å². The van der Waals surface area contributed by atoms with Crippen molar-refractivity contribution < 1.29 is 4.79 Å². The largest absolute Gasteiger partial charge is 0.352 e. The third-order valence-electron chi connectivity index (χ3n) is 4.44. The zero-order valence-corrected chi connectivity index (χ0v) is 16.1. The van der Waals surface area contributed by atoms with Crippen molar-refractivity contribution in [2.75, 3.05) is 6.54 Å². The molecule has 0 fully saturated rings. The van der Waals surface area contributed by atoms with Crippen LogP contribution in [0.15, 0.2) is 55.1 Å². The number of rotatable bonds is 6. The van der Waals surface area contributed by atoms with Gasteiger partial charge in [0.05, 0.1) is 23.1 Å². The molecule has 3 heterocycles. The fraction of sp³-hybridized carbons (Fsp3) is 0.200. The molecule has 0 unspecified atom stereocenters. The van der Waals surface area contributed by atoms with E-state index >= 15 is 0 Å². The Bertz CT molecular complexity index is 1120. The van der Waals surface area contributed by atoms with Gasteiger partial charge in [-0.15, -0.1) is 0 Å². The quantitative estimate of drug-likeness (QED) is 0.508. The van der Waals surface area contributed by atoms with E-state index in [0.717, 1.165) is 17.7 Å². The van der Waals surface area contributed by atoms with Gasteiger partial charge in [0, 0.05) is 31.0 Å². The molecule has 8 heteroatoms. The molecule has 0 aliphatic heterocycles. The van der Waals surface area contributed by atoms with Crippen molar-refractivity contribution >= 4 is 23.2 Å². The molecule has 0 bridgehead atoms. The smallest absolute Gasteiger partial charge is 0.256 e. The summed E-state index contributed by atoms with van der Waals surface area (Å²) in [5.74, 6) is -0.193. The van der Waals surface area contributed by atoms with Gasteiger partial charge in [-0.2, -0.15) is 10.2 Å². The van der Waals surface area contributed by atoms with Gasteiger partial charge in [-0.25, -0.2) is 9.50 Å². The van der Waals surface area contributed by atoms with E-state index < -0.39 is 0 Å². The second-order valence-corrected chi connectivity index (χ2v) is 6.96. The Morgan fingerprint density at radius 1 is 1.14 bits per heavy atom. The van der Waals surface area contributed by atoms with Gasteiger partial charge < -0.3 is 5.32 Å². The molecule has 142 valence electrons. The minimum absolute atomic E-state index is 0.193. The Balaban J connectivity index is 1.47. The van der Waals surface area contributed by atoms with E-state index in [9.17, 15) is 4.79 Å². The van der Waals surface area contributed by atoms with E-state index in [1.807, 2.05) is 37.3 Å². The highest BCUT2D eigenvalue weighted by atomic mass is 35.5. The molecule has 1 aromatic carbocycles. The Kier molecular flexibility index (Phi) is 5.08. The number of hydrogen-bond acceptors (Lipinski definition) is 4. The summed E-state index contributed by atoms with van der Waals surface area (Å²) in [7, 11) is 0. The lowest BCUT2D eigenvalue weighted by molar-refractivity contribution is 0.0954. The number of aromatic nitrogens is 5. The first-order valence-electron chi connectivity index (χ1n) is 8.98. The van der Waals surface area contributed by atoms with Crippen molar-refractivity contribution in [1.82, 2.24) is 29.7 Å². The number of nitrogens with zero attached hydrogens (tertiary/aromatic N) is 5. The number of amides is 1. The van der Waals surface area contributed by atoms with Crippen LogP contribution in [-0.4, -0.2) is 36.8 Å². The molecule has 0 aliphatic carbocycles. The Hall–Kier alpha value is -3.19. The summed E-state index contributed by atoms with van der Waals surface area (Å²) >= 11 is 5.84. The molecule has 0 saturated heterocycles. The Labute approximate surface area is 167 Å². The fourth-order valence-electron chi connectivity index (χ4n) is 2.99. The van der Waals surface area contributed by atoms with Crippen molar-refractivity contribution in [2.24, 2.45) is 0 Å². The molecule has 4 rings (SSSR count). The van der Waals surface area contributed by atoms with Crippen LogP contribution in [0.25, 0.3) is 16.9 Å². The van der Waals surface area contributed by atoms with Crippen molar-refractivity contribution in [3.8, 4) is 11.3 Å². The summed E-state index contributed by atoms with van der Waals surface area (Å²) in [5.41, 5.74) is 4.09. The molecule has 3 aromatic heterocycles. The van der Waals surface area contributed by atoms with Crippen molar-refractivity contribution in [1.29, 1.82) is 0 Å². The number of carbonyl (C=O) groups excluding carboxylic acids is 1. The number of aryl methyl sites for hydroxylation is 2. The van der Waals surface area contributed by atoms with Crippen molar-refractivity contribution in [2.45, 2.75) is 19.9 Å². The van der Waals surface area contributed by atoms with E-state index in [-0.39, 0.29) is 5.91 Å². The summed E-state index contributed by atoms with van der Waals surface area (Å²) in [6, 6.07) is 10.1. The summed E-state index contributed by atoms with van der Waals surface area (Å²) in [6.45, 7) is 3.24. The maximum Gasteiger partial charge on any atom is 0.256 e. The molecular weight excluding hydrogens is 376 g/mol. The average molecular weight is 395 g/mol. The van der Waals surface area contributed by atoms with E-state index in [4.69, 9.17) is 11.6 Å². The molecule has 1 N–H and O–H groups in total. The van der Waals surface area contributed by atoms with Crippen LogP contribution in [-0.2, 0) is 6.54 Å². The molecule has 0 saturated carbocycles. The van der Waals surface area contributed by atoms with E-state index in [0.29, 0.717) is 29.3 Å². The minimum Gasteiger partial charge on any atom is -0.352 e. The lowest BCUT2D eigenvalue weighted by Crippen LogP contribution is -2.25. The first kappa shape index (κ1) is 18.2. The molecule has 0 aliphatic rings. The molecule has 0 spiro atoms. The predicted molar refractivity (Wildman–Crippen MR) is 107 cm³/mol. The molecule has 4 aromatic rings. The predicted octanol–water partition coefficient (Wildman–Crippen LogP) is 3.37. The fourth-order valence-corrected chi connectivity index (χ4v) is 3.15. The van der Waals surface area contributed by atoms with Gasteiger partial charge in [0.2, 0.25) is 0 Å². The van der Waals surface area contributed by atoms with Crippen LogP contribution in [0.1, 0.15) is 22.3 Å². The van der Waals surface area contributed by atoms with Crippen LogP contribution in [0, 0.1) is 6.92 Å². The highest BCUT2D eigenvalue weighted by Crippen LogP contribution is 2.21. The number of carbonyl (C=O) groups is 1. The highest BCUT2D eigenvalue weighted by Gasteiger charge is 2.15. The Morgan fingerprint density at radius 3 is 2.71 bits per heavy atom. The van der Waals surface area contributed by atoms with E-state index in [2.05, 4.69) is 20.5 Å². The van der Waals surface area contributed by atoms with Crippen molar-refractivity contribution in [3.63, 3.8) is 0 Å². The molecule has 1 amide bonds. The standard InChI is InChI=1S/C20H19ClN6O/c1-14-3-5-15(6-4-14)18-7-9-22-19-17(12-25-27(18)19)20(28)23-8-2-10-26-13-16(21)11-24-26/h3-7,9,11-13H,2,8,10H2,1H3,(H,23,28). The molecular formula is C20H19ClN6O. The topological polar surface area (TPSA) is 77.1 Å². The minimum atomic E-state index is -0.193. The molecule has 7 nitrogen and oxygen atoms in total. The average Bonchev–Trinajstić information content (AvgIpc) is 3.32. The molecule has 28 heavy (non-hydrogen) atoms. The van der Waals surface area contributed by atoms with Gasteiger partial charge >= 0.3 is 0 Å². The number of nitrogens with one attached hydrogen (secondary N) is 1. The van der Waals surface area contributed by atoms with Crippen LogP contribution in [0.5, 0.6) is 0 Å². The SMILES string of the molecule is Cc1ccc(-c2ccnc3c(C(=O)NCCCn4cc(Cl)cn4)cnn23)cc1. The first-order chi connectivity index (χ1) is 13.6. The van der Waals surface area contributed by atoms with Crippen LogP contribution >= 0.6 is 11.6 Å². The summed E-state index contributed by atoms with van der Waals surface area (Å²) in [5, 5.41) is 12.0. The van der Waals surface area contributed by atoms with E-state index in [1.165, 1.54) is 5.56 Å². The third-order valence-corrected chi connectivity index (χ3v) is 4.64.